The molecule has 0 bridgehead atoms. The summed E-state index contributed by atoms with van der Waals surface area (Å²) in [5.41, 5.74) is 1.47. The van der Waals surface area contributed by atoms with Gasteiger partial charge in [0.05, 0.1) is 12.3 Å². The van der Waals surface area contributed by atoms with Gasteiger partial charge in [-0.05, 0) is 51.2 Å². The third kappa shape index (κ3) is 6.39. The van der Waals surface area contributed by atoms with Crippen LogP contribution in [-0.2, 0) is 4.79 Å². The zero-order chi connectivity index (χ0) is 30.7. The van der Waals surface area contributed by atoms with Crippen molar-refractivity contribution in [2.24, 2.45) is 0 Å². The van der Waals surface area contributed by atoms with Crippen molar-refractivity contribution >= 4 is 23.2 Å². The number of fused-ring (bicyclic) bond motifs is 1. The SMILES string of the molecule is CN(C)CCN(c1nc(-c2cnc3ccc(F)cn23)nc(-c2ccnc(N(C)C)c2)c1F)[C@@H]1CCCN(C(=O)CC#N)C1. The number of rotatable bonds is 9. The van der Waals surface area contributed by atoms with Crippen LogP contribution in [-0.4, -0.2) is 100 Å². The average Bonchev–Trinajstić information content (AvgIpc) is 3.41. The number of carbonyl (C=O) groups is 1. The molecular formula is C30H34F2N10O. The first-order valence-electron chi connectivity index (χ1n) is 14.1. The van der Waals surface area contributed by atoms with Crippen molar-refractivity contribution in [2.75, 3.05) is 64.2 Å². The Bertz CT molecular complexity index is 1660. The lowest BCUT2D eigenvalue weighted by molar-refractivity contribution is -0.131. The van der Waals surface area contributed by atoms with E-state index in [-0.39, 0.29) is 35.7 Å². The van der Waals surface area contributed by atoms with Crippen molar-refractivity contribution in [3.8, 4) is 28.8 Å². The van der Waals surface area contributed by atoms with Crippen LogP contribution in [0.3, 0.4) is 0 Å². The maximum Gasteiger partial charge on any atom is 0.236 e. The summed E-state index contributed by atoms with van der Waals surface area (Å²) in [6.07, 6.45) is 5.64. The van der Waals surface area contributed by atoms with Gasteiger partial charge >= 0.3 is 0 Å². The van der Waals surface area contributed by atoms with Crippen molar-refractivity contribution < 1.29 is 13.6 Å². The first kappa shape index (κ1) is 29.8. The van der Waals surface area contributed by atoms with Crippen LogP contribution < -0.4 is 9.80 Å². The van der Waals surface area contributed by atoms with Crippen LogP contribution in [0, 0.1) is 23.0 Å². The van der Waals surface area contributed by atoms with E-state index in [4.69, 9.17) is 10.2 Å². The van der Waals surface area contributed by atoms with Crippen LogP contribution in [0.2, 0.25) is 0 Å². The van der Waals surface area contributed by atoms with Gasteiger partial charge in [-0.1, -0.05) is 0 Å². The first-order chi connectivity index (χ1) is 20.7. The van der Waals surface area contributed by atoms with Crippen molar-refractivity contribution in [2.45, 2.75) is 25.3 Å². The van der Waals surface area contributed by atoms with Crippen molar-refractivity contribution in [1.82, 2.24) is 34.1 Å². The summed E-state index contributed by atoms with van der Waals surface area (Å²) < 4.78 is 32.6. The molecule has 1 atom stereocenters. The molecule has 5 heterocycles. The standard InChI is InChI=1S/C30H34F2N10O/c1-38(2)14-15-41(22-6-5-13-40(19-22)26(43)9-11-33)30-27(32)28(20-10-12-34-25(16-20)39(3)4)36-29(37-30)23-17-35-24-8-7-21(31)18-42(23)24/h7-8,10,12,16-18,22H,5-6,9,13-15,19H2,1-4H3/t22-/m1/s1. The maximum atomic E-state index is 16.8. The molecule has 1 saturated heterocycles. The molecule has 43 heavy (non-hydrogen) atoms. The Labute approximate surface area is 249 Å². The highest BCUT2D eigenvalue weighted by molar-refractivity contribution is 5.78. The zero-order valence-electron chi connectivity index (χ0n) is 24.7. The molecule has 4 aromatic heterocycles. The smallest absolute Gasteiger partial charge is 0.236 e. The number of pyridine rings is 2. The molecule has 0 aliphatic carbocycles. The normalized spacial score (nSPS) is 15.1. The van der Waals surface area contributed by atoms with E-state index in [1.807, 2.05) is 49.0 Å². The van der Waals surface area contributed by atoms with Crippen LogP contribution in [0.25, 0.3) is 28.4 Å². The van der Waals surface area contributed by atoms with E-state index in [9.17, 15) is 9.18 Å². The van der Waals surface area contributed by atoms with E-state index in [1.54, 1.807) is 39.9 Å². The van der Waals surface area contributed by atoms with Crippen LogP contribution in [0.1, 0.15) is 19.3 Å². The second-order valence-electron chi connectivity index (χ2n) is 11.0. The highest BCUT2D eigenvalue weighted by Gasteiger charge is 2.32. The Morgan fingerprint density at radius 2 is 1.93 bits per heavy atom. The maximum absolute atomic E-state index is 16.8. The Kier molecular flexibility index (Phi) is 8.77. The molecule has 1 amide bonds. The molecule has 4 aromatic rings. The van der Waals surface area contributed by atoms with Gasteiger partial charge < -0.3 is 19.6 Å². The highest BCUT2D eigenvalue weighted by Crippen LogP contribution is 2.33. The number of hydrogen-bond acceptors (Lipinski definition) is 9. The fourth-order valence-electron chi connectivity index (χ4n) is 5.25. The van der Waals surface area contributed by atoms with E-state index in [0.29, 0.717) is 61.7 Å². The molecule has 1 aliphatic heterocycles. The Morgan fingerprint density at radius 3 is 2.67 bits per heavy atom. The molecule has 0 radical (unpaired) electrons. The number of nitrogens with zero attached hydrogens (tertiary/aromatic N) is 10. The van der Waals surface area contributed by atoms with Crippen molar-refractivity contribution in [3.05, 3.63) is 54.5 Å². The van der Waals surface area contributed by atoms with Gasteiger partial charge in [-0.25, -0.2) is 28.7 Å². The minimum absolute atomic E-state index is 0.0694. The lowest BCUT2D eigenvalue weighted by Crippen LogP contribution is -2.51. The molecule has 13 heteroatoms. The molecule has 0 aromatic carbocycles. The second kappa shape index (κ2) is 12.7. The van der Waals surface area contributed by atoms with E-state index >= 15 is 4.39 Å². The van der Waals surface area contributed by atoms with Gasteiger partial charge in [0.15, 0.2) is 17.5 Å². The third-order valence-electron chi connectivity index (χ3n) is 7.49. The van der Waals surface area contributed by atoms with Gasteiger partial charge in [0.25, 0.3) is 0 Å². The molecule has 1 fully saturated rings. The Morgan fingerprint density at radius 1 is 1.12 bits per heavy atom. The summed E-state index contributed by atoms with van der Waals surface area (Å²) in [6, 6.07) is 7.99. The van der Waals surface area contributed by atoms with Gasteiger partial charge in [-0.2, -0.15) is 5.26 Å². The Hall–Kier alpha value is -4.70. The molecule has 1 aliphatic rings. The Balaban J connectivity index is 1.69. The second-order valence-corrected chi connectivity index (χ2v) is 11.0. The summed E-state index contributed by atoms with van der Waals surface area (Å²) in [7, 11) is 7.55. The predicted octanol–water partition coefficient (Wildman–Crippen LogP) is 3.47. The van der Waals surface area contributed by atoms with Crippen molar-refractivity contribution in [1.29, 1.82) is 5.26 Å². The van der Waals surface area contributed by atoms with Gasteiger partial charge in [0, 0.05) is 64.3 Å². The lowest BCUT2D eigenvalue weighted by atomic mass is 10.0. The number of anilines is 2. The molecule has 0 spiro atoms. The molecule has 0 saturated carbocycles. The highest BCUT2D eigenvalue weighted by atomic mass is 19.1. The largest absolute Gasteiger partial charge is 0.363 e. The number of carbonyl (C=O) groups excluding carboxylic acids is 1. The molecule has 224 valence electrons. The third-order valence-corrected chi connectivity index (χ3v) is 7.49. The quantitative estimate of drug-likeness (QED) is 0.290. The number of amides is 1. The summed E-state index contributed by atoms with van der Waals surface area (Å²) >= 11 is 0. The summed E-state index contributed by atoms with van der Waals surface area (Å²) in [5.74, 6) is -0.439. The van der Waals surface area contributed by atoms with Crippen LogP contribution in [0.4, 0.5) is 20.4 Å². The fraction of sp³-hybridized carbons (Fsp3) is 0.400. The number of piperidine rings is 1. The minimum Gasteiger partial charge on any atom is -0.363 e. The number of likely N-dealkylation sites (tertiary alicyclic amines) is 1. The number of nitriles is 1. The predicted molar refractivity (Wildman–Crippen MR) is 159 cm³/mol. The molecule has 11 nitrogen and oxygen atoms in total. The summed E-state index contributed by atoms with van der Waals surface area (Å²) in [6.45, 7) is 1.89. The molecule has 0 unspecified atom stereocenters. The summed E-state index contributed by atoms with van der Waals surface area (Å²) in [4.78, 5) is 38.2. The fourth-order valence-corrected chi connectivity index (χ4v) is 5.25. The van der Waals surface area contributed by atoms with E-state index in [1.165, 1.54) is 12.3 Å². The van der Waals surface area contributed by atoms with E-state index < -0.39 is 11.6 Å². The van der Waals surface area contributed by atoms with E-state index in [0.717, 1.165) is 0 Å². The van der Waals surface area contributed by atoms with Gasteiger partial charge in [-0.15, -0.1) is 0 Å². The summed E-state index contributed by atoms with van der Waals surface area (Å²) in [5, 5.41) is 9.09. The monoisotopic (exact) mass is 588 g/mol. The number of halogens is 2. The van der Waals surface area contributed by atoms with Gasteiger partial charge in [0.1, 0.15) is 35.1 Å². The van der Waals surface area contributed by atoms with Crippen LogP contribution >= 0.6 is 0 Å². The molecular weight excluding hydrogens is 554 g/mol. The zero-order valence-corrected chi connectivity index (χ0v) is 24.7. The number of aromatic nitrogens is 5. The number of likely N-dealkylation sites (N-methyl/N-ethyl adjacent to an activating group) is 1. The topological polar surface area (TPSA) is 110 Å². The number of imidazole rings is 1. The number of hydrogen-bond donors (Lipinski definition) is 0. The lowest BCUT2D eigenvalue weighted by Gasteiger charge is -2.40. The van der Waals surface area contributed by atoms with Gasteiger partial charge in [0.2, 0.25) is 5.91 Å². The first-order valence-corrected chi connectivity index (χ1v) is 14.1. The van der Waals surface area contributed by atoms with Crippen LogP contribution in [0.5, 0.6) is 0 Å². The van der Waals surface area contributed by atoms with Crippen LogP contribution in [0.15, 0.2) is 42.9 Å². The average molecular weight is 589 g/mol. The van der Waals surface area contributed by atoms with Crippen molar-refractivity contribution in [3.63, 3.8) is 0 Å². The van der Waals surface area contributed by atoms with Gasteiger partial charge in [-0.3, -0.25) is 9.20 Å². The molecule has 5 rings (SSSR count). The van der Waals surface area contributed by atoms with E-state index in [2.05, 4.69) is 15.0 Å². The molecule has 0 N–H and O–H groups in total. The minimum atomic E-state index is -0.612.